The molecule has 0 radical (unpaired) electrons. The third-order valence-corrected chi connectivity index (χ3v) is 6.76. The predicted molar refractivity (Wildman–Crippen MR) is 143 cm³/mol. The van der Waals surface area contributed by atoms with Gasteiger partial charge in [0.1, 0.15) is 28.6 Å². The summed E-state index contributed by atoms with van der Waals surface area (Å²) < 4.78 is 80.5. The number of carbonyl (C=O) groups excluding carboxylic acids is 2. The fourth-order valence-electron chi connectivity index (χ4n) is 4.78. The Balaban J connectivity index is 1.52. The summed E-state index contributed by atoms with van der Waals surface area (Å²) in [5, 5.41) is 2.49. The molecule has 2 aliphatic rings. The lowest BCUT2D eigenvalue weighted by Gasteiger charge is -2.31. The van der Waals surface area contributed by atoms with Gasteiger partial charge in [0.25, 0.3) is 11.8 Å². The highest BCUT2D eigenvalue weighted by molar-refractivity contribution is 6.07. The van der Waals surface area contributed by atoms with Gasteiger partial charge in [0.05, 0.1) is 20.3 Å². The average Bonchev–Trinajstić information content (AvgIpc) is 3.41. The lowest BCUT2D eigenvalue weighted by molar-refractivity contribution is -0.274. The van der Waals surface area contributed by atoms with Crippen LogP contribution in [0.1, 0.15) is 45.7 Å². The summed E-state index contributed by atoms with van der Waals surface area (Å²) in [4.78, 5) is 28.7. The van der Waals surface area contributed by atoms with E-state index < -0.39 is 41.1 Å². The number of benzene rings is 2. The number of carbonyl (C=O) groups is 2. The molecule has 3 aromatic rings. The molecular weight excluding hydrogens is 578 g/mol. The minimum atomic E-state index is -4.95. The van der Waals surface area contributed by atoms with Crippen molar-refractivity contribution < 1.29 is 50.8 Å². The second kappa shape index (κ2) is 11.9. The van der Waals surface area contributed by atoms with Crippen LogP contribution >= 0.6 is 0 Å². The zero-order valence-corrected chi connectivity index (χ0v) is 22.6. The van der Waals surface area contributed by atoms with Crippen molar-refractivity contribution >= 4 is 23.1 Å². The number of amides is 2. The highest BCUT2D eigenvalue weighted by atomic mass is 19.4. The normalized spacial score (nSPS) is 16.0. The Morgan fingerprint density at radius 2 is 1.81 bits per heavy atom. The van der Waals surface area contributed by atoms with Crippen LogP contribution in [0.5, 0.6) is 23.0 Å². The van der Waals surface area contributed by atoms with Crippen LogP contribution in [0.4, 0.5) is 23.2 Å². The number of allylic oxidation sites excluding steroid dienone is 1. The van der Waals surface area contributed by atoms with Crippen molar-refractivity contribution in [2.75, 3.05) is 25.6 Å². The van der Waals surface area contributed by atoms with Crippen LogP contribution in [0.25, 0.3) is 5.57 Å². The summed E-state index contributed by atoms with van der Waals surface area (Å²) in [5.41, 5.74) is 5.87. The monoisotopic (exact) mass is 603 g/mol. The smallest absolute Gasteiger partial charge is 0.493 e. The molecule has 0 saturated carbocycles. The number of alkyl halides is 3. The van der Waals surface area contributed by atoms with E-state index in [0.717, 1.165) is 23.8 Å². The first kappa shape index (κ1) is 29.8. The summed E-state index contributed by atoms with van der Waals surface area (Å²) in [5.74, 6) is -4.56. The van der Waals surface area contributed by atoms with Gasteiger partial charge in [-0.3, -0.25) is 14.6 Å². The quantitative estimate of drug-likeness (QED) is 0.319. The molecule has 10 nitrogen and oxygen atoms in total. The van der Waals surface area contributed by atoms with Crippen LogP contribution in [0.15, 0.2) is 54.7 Å². The van der Waals surface area contributed by atoms with Crippen molar-refractivity contribution in [1.29, 1.82) is 0 Å². The van der Waals surface area contributed by atoms with Gasteiger partial charge in [0.2, 0.25) is 0 Å². The van der Waals surface area contributed by atoms with Gasteiger partial charge >= 0.3 is 6.36 Å². The highest BCUT2D eigenvalue weighted by Crippen LogP contribution is 2.42. The van der Waals surface area contributed by atoms with Crippen molar-refractivity contribution in [3.05, 3.63) is 77.4 Å². The molecule has 43 heavy (non-hydrogen) atoms. The van der Waals surface area contributed by atoms with E-state index in [-0.39, 0.29) is 28.6 Å². The Morgan fingerprint density at radius 3 is 2.47 bits per heavy atom. The maximum Gasteiger partial charge on any atom is 0.573 e. The lowest BCUT2D eigenvalue weighted by Crippen LogP contribution is -2.31. The number of nitrogens with zero attached hydrogens (tertiary/aromatic N) is 1. The molecule has 2 heterocycles. The lowest BCUT2D eigenvalue weighted by atomic mass is 9.89. The predicted octanol–water partition coefficient (Wildman–Crippen LogP) is 5.58. The Labute approximate surface area is 242 Å². The molecule has 3 N–H and O–H groups in total. The number of primary amides is 1. The van der Waals surface area contributed by atoms with Gasteiger partial charge in [0.15, 0.2) is 17.3 Å². The molecule has 1 spiro atoms. The van der Waals surface area contributed by atoms with E-state index >= 15 is 4.39 Å². The number of hydrogen-bond donors (Lipinski definition) is 2. The zero-order valence-electron chi connectivity index (χ0n) is 22.6. The first-order valence-electron chi connectivity index (χ1n) is 12.9. The number of methoxy groups -OCH3 is 1. The third-order valence-electron chi connectivity index (χ3n) is 6.76. The van der Waals surface area contributed by atoms with E-state index in [1.165, 1.54) is 37.6 Å². The van der Waals surface area contributed by atoms with Gasteiger partial charge in [-0.25, -0.2) is 4.39 Å². The summed E-state index contributed by atoms with van der Waals surface area (Å²) in [6.45, 7) is 0.958. The van der Waals surface area contributed by atoms with Crippen LogP contribution in [0.3, 0.4) is 0 Å². The molecule has 5 rings (SSSR count). The molecule has 226 valence electrons. The molecule has 0 atom stereocenters. The summed E-state index contributed by atoms with van der Waals surface area (Å²) in [7, 11) is 1.19. The number of rotatable bonds is 8. The van der Waals surface area contributed by atoms with E-state index in [0.29, 0.717) is 38.0 Å². The number of aromatic nitrogens is 1. The summed E-state index contributed by atoms with van der Waals surface area (Å²) in [6, 6.07) is 8.27. The Hall–Kier alpha value is -4.69. The molecule has 1 aromatic heterocycles. The van der Waals surface area contributed by atoms with Crippen LogP contribution in [-0.4, -0.2) is 49.3 Å². The van der Waals surface area contributed by atoms with Crippen molar-refractivity contribution in [2.24, 2.45) is 5.73 Å². The maximum atomic E-state index is 15.8. The molecule has 1 aliphatic carbocycles. The number of ether oxygens (including phenoxy) is 5. The zero-order chi connectivity index (χ0) is 30.8. The van der Waals surface area contributed by atoms with Crippen LogP contribution < -0.4 is 25.3 Å². The van der Waals surface area contributed by atoms with Gasteiger partial charge in [-0.2, -0.15) is 0 Å². The van der Waals surface area contributed by atoms with Gasteiger partial charge < -0.3 is 34.7 Å². The first-order valence-corrected chi connectivity index (χ1v) is 12.9. The molecule has 0 unspecified atom stereocenters. The number of nitrogens with one attached hydrogen (secondary N) is 1. The molecular formula is C29H25F4N3O7. The largest absolute Gasteiger partial charge is 0.573 e. The second-order valence-corrected chi connectivity index (χ2v) is 9.58. The molecule has 14 heteroatoms. The number of anilines is 1. The Kier molecular flexibility index (Phi) is 8.24. The Morgan fingerprint density at radius 1 is 1.05 bits per heavy atom. The number of halogens is 4. The van der Waals surface area contributed by atoms with Gasteiger partial charge in [-0.15, -0.1) is 13.2 Å². The maximum absolute atomic E-state index is 15.8. The van der Waals surface area contributed by atoms with Crippen LogP contribution in [0.2, 0.25) is 0 Å². The topological polar surface area (TPSA) is 131 Å². The van der Waals surface area contributed by atoms with Crippen LogP contribution in [-0.2, 0) is 9.47 Å². The summed E-state index contributed by atoms with van der Waals surface area (Å²) in [6.07, 6.45) is -0.414. The fraction of sp³-hybridized carbons (Fsp3) is 0.276. The van der Waals surface area contributed by atoms with Crippen molar-refractivity contribution in [3.8, 4) is 23.0 Å². The molecule has 1 fully saturated rings. The van der Waals surface area contributed by atoms with E-state index in [9.17, 15) is 22.8 Å². The standard InChI is InChI=1S/C29H25F4N3O7/c1-39-23-15-19(43-29(31,32)33)2-3-22(23)42-24-13-17(16-4-7-28(8-5-16)40-10-11-41-28)12-20(30)25(24)27(38)36-18-6-9-35-21(14-18)26(34)37/h2-4,6,9,12-15H,5,7-8,10-11H2,1H3,(H2,34,37)(H,35,36,38). The van der Waals surface area contributed by atoms with Crippen LogP contribution in [0, 0.1) is 5.82 Å². The number of pyridine rings is 1. The summed E-state index contributed by atoms with van der Waals surface area (Å²) >= 11 is 0. The third kappa shape index (κ3) is 6.87. The molecule has 2 aromatic carbocycles. The van der Waals surface area contributed by atoms with Crippen molar-refractivity contribution in [1.82, 2.24) is 4.98 Å². The van der Waals surface area contributed by atoms with Crippen molar-refractivity contribution in [3.63, 3.8) is 0 Å². The fourth-order valence-corrected chi connectivity index (χ4v) is 4.78. The average molecular weight is 604 g/mol. The minimum Gasteiger partial charge on any atom is -0.493 e. The number of nitrogens with two attached hydrogens (primary N) is 1. The van der Waals surface area contributed by atoms with Crippen molar-refractivity contribution in [2.45, 2.75) is 31.4 Å². The number of hydrogen-bond acceptors (Lipinski definition) is 8. The molecule has 1 aliphatic heterocycles. The first-order chi connectivity index (χ1) is 20.4. The minimum absolute atomic E-state index is 0.103. The Bertz CT molecular complexity index is 1590. The second-order valence-electron chi connectivity index (χ2n) is 9.58. The van der Waals surface area contributed by atoms with Gasteiger partial charge in [0, 0.05) is 30.8 Å². The van der Waals surface area contributed by atoms with Gasteiger partial charge in [-0.05, 0) is 54.0 Å². The highest BCUT2D eigenvalue weighted by Gasteiger charge is 2.38. The van der Waals surface area contributed by atoms with E-state index in [1.807, 2.05) is 6.08 Å². The molecule has 2 amide bonds. The SMILES string of the molecule is COc1cc(OC(F)(F)F)ccc1Oc1cc(C2=CCC3(CC2)OCCO3)cc(F)c1C(=O)Nc1ccnc(C(N)=O)c1. The van der Waals surface area contributed by atoms with Gasteiger partial charge in [-0.1, -0.05) is 6.08 Å². The van der Waals surface area contributed by atoms with E-state index in [4.69, 9.17) is 24.7 Å². The molecule has 1 saturated heterocycles. The van der Waals surface area contributed by atoms with E-state index in [1.54, 1.807) is 0 Å². The molecule has 0 bridgehead atoms. The van der Waals surface area contributed by atoms with E-state index in [2.05, 4.69) is 15.0 Å².